The van der Waals surface area contributed by atoms with Crippen LogP contribution in [0.3, 0.4) is 0 Å². The Labute approximate surface area is 177 Å². The van der Waals surface area contributed by atoms with Gasteiger partial charge in [-0.2, -0.15) is 0 Å². The summed E-state index contributed by atoms with van der Waals surface area (Å²) in [7, 11) is 0. The van der Waals surface area contributed by atoms with E-state index in [-0.39, 0.29) is 17.2 Å². The zero-order valence-corrected chi connectivity index (χ0v) is 18.5. The molecule has 1 spiro atoms. The SMILES string of the molecule is CC(C)(C)OC(=O)N1C2(CC2)C[C@H]2C[C@]21c1nc2c(ccc3cc(Br)ccc32)[nH]1. The first-order chi connectivity index (χ1) is 13.7. The molecule has 0 bridgehead atoms. The number of likely N-dealkylation sites (tertiary alicyclic amines) is 1. The molecule has 2 aromatic carbocycles. The van der Waals surface area contributed by atoms with Crippen molar-refractivity contribution in [3.05, 3.63) is 40.6 Å². The maximum absolute atomic E-state index is 13.3. The predicted octanol–water partition coefficient (Wildman–Crippen LogP) is 5.87. The Morgan fingerprint density at radius 3 is 2.76 bits per heavy atom. The number of halogens is 1. The van der Waals surface area contributed by atoms with Crippen molar-refractivity contribution in [1.82, 2.24) is 14.9 Å². The van der Waals surface area contributed by atoms with Crippen molar-refractivity contribution < 1.29 is 9.53 Å². The molecule has 2 heterocycles. The molecule has 1 N–H and O–H groups in total. The van der Waals surface area contributed by atoms with Gasteiger partial charge in [0, 0.05) is 15.4 Å². The molecule has 0 radical (unpaired) electrons. The Morgan fingerprint density at radius 1 is 1.24 bits per heavy atom. The number of carbonyl (C=O) groups is 1. The molecule has 150 valence electrons. The van der Waals surface area contributed by atoms with Crippen molar-refractivity contribution >= 4 is 43.8 Å². The molecule has 2 aliphatic carbocycles. The molecule has 2 atom stereocenters. The second-order valence-electron chi connectivity index (χ2n) is 9.98. The topological polar surface area (TPSA) is 58.2 Å². The van der Waals surface area contributed by atoms with Gasteiger partial charge in [0.25, 0.3) is 0 Å². The molecular weight excluding hydrogens is 430 g/mol. The van der Waals surface area contributed by atoms with Crippen molar-refractivity contribution in [2.24, 2.45) is 5.92 Å². The quantitative estimate of drug-likeness (QED) is 0.501. The summed E-state index contributed by atoms with van der Waals surface area (Å²) in [5.41, 5.74) is 1.15. The molecule has 1 amide bonds. The number of rotatable bonds is 1. The van der Waals surface area contributed by atoms with Gasteiger partial charge in [-0.25, -0.2) is 9.78 Å². The fourth-order valence-electron chi connectivity index (χ4n) is 5.41. The fraction of sp³-hybridized carbons (Fsp3) is 0.478. The summed E-state index contributed by atoms with van der Waals surface area (Å²) in [5.74, 6) is 1.39. The van der Waals surface area contributed by atoms with Gasteiger partial charge >= 0.3 is 6.09 Å². The summed E-state index contributed by atoms with van der Waals surface area (Å²) in [6.45, 7) is 5.80. The van der Waals surface area contributed by atoms with Crippen LogP contribution in [0.5, 0.6) is 0 Å². The number of hydrogen-bond acceptors (Lipinski definition) is 3. The van der Waals surface area contributed by atoms with Crippen molar-refractivity contribution in [1.29, 1.82) is 0 Å². The van der Waals surface area contributed by atoms with Crippen LogP contribution >= 0.6 is 15.9 Å². The highest BCUT2D eigenvalue weighted by Crippen LogP contribution is 2.72. The monoisotopic (exact) mass is 453 g/mol. The molecule has 3 aromatic rings. The van der Waals surface area contributed by atoms with Crippen LogP contribution in [0.1, 0.15) is 52.3 Å². The highest BCUT2D eigenvalue weighted by Gasteiger charge is 2.77. The van der Waals surface area contributed by atoms with Crippen LogP contribution < -0.4 is 0 Å². The lowest BCUT2D eigenvalue weighted by Crippen LogP contribution is -2.48. The number of aromatic nitrogens is 2. The highest BCUT2D eigenvalue weighted by molar-refractivity contribution is 9.10. The van der Waals surface area contributed by atoms with E-state index < -0.39 is 5.60 Å². The zero-order valence-electron chi connectivity index (χ0n) is 16.9. The summed E-state index contributed by atoms with van der Waals surface area (Å²) in [6, 6.07) is 10.5. The first-order valence-corrected chi connectivity index (χ1v) is 11.1. The first kappa shape index (κ1) is 17.8. The number of nitrogens with one attached hydrogen (secondary N) is 1. The lowest BCUT2D eigenvalue weighted by molar-refractivity contribution is 0.00276. The van der Waals surface area contributed by atoms with Crippen LogP contribution in [-0.2, 0) is 10.3 Å². The molecule has 2 saturated carbocycles. The Kier molecular flexibility index (Phi) is 3.27. The largest absolute Gasteiger partial charge is 0.444 e. The average Bonchev–Trinajstić information content (AvgIpc) is 3.45. The minimum absolute atomic E-state index is 0.0167. The second-order valence-corrected chi connectivity index (χ2v) is 10.9. The summed E-state index contributed by atoms with van der Waals surface area (Å²) < 4.78 is 6.90. The van der Waals surface area contributed by atoms with Gasteiger partial charge in [0.1, 0.15) is 17.0 Å². The maximum atomic E-state index is 13.3. The van der Waals surface area contributed by atoms with E-state index in [1.165, 1.54) is 0 Å². The Bertz CT molecular complexity index is 1190. The third kappa shape index (κ3) is 2.44. The summed E-state index contributed by atoms with van der Waals surface area (Å²) >= 11 is 3.55. The molecule has 0 unspecified atom stereocenters. The minimum atomic E-state index is -0.501. The van der Waals surface area contributed by atoms with E-state index in [1.807, 2.05) is 20.8 Å². The van der Waals surface area contributed by atoms with Crippen LogP contribution in [0.25, 0.3) is 21.8 Å². The van der Waals surface area contributed by atoms with E-state index in [2.05, 4.69) is 56.1 Å². The lowest BCUT2D eigenvalue weighted by Gasteiger charge is -2.35. The molecule has 1 aromatic heterocycles. The molecular formula is C23H24BrN3O2. The predicted molar refractivity (Wildman–Crippen MR) is 116 cm³/mol. The smallest absolute Gasteiger partial charge is 0.411 e. The van der Waals surface area contributed by atoms with Crippen molar-refractivity contribution in [2.45, 2.75) is 63.1 Å². The number of fused-ring (bicyclic) bond motifs is 4. The number of imidazole rings is 1. The number of aromatic amines is 1. The van der Waals surface area contributed by atoms with Crippen LogP contribution in [0.2, 0.25) is 0 Å². The van der Waals surface area contributed by atoms with Crippen LogP contribution in [-0.4, -0.2) is 32.1 Å². The van der Waals surface area contributed by atoms with Crippen LogP contribution in [0.4, 0.5) is 4.79 Å². The van der Waals surface area contributed by atoms with Crippen molar-refractivity contribution in [3.63, 3.8) is 0 Å². The third-order valence-corrected chi connectivity index (χ3v) is 7.31. The second kappa shape index (κ2) is 5.34. The number of hydrogen-bond donors (Lipinski definition) is 1. The van der Waals surface area contributed by atoms with E-state index in [0.29, 0.717) is 5.92 Å². The Hall–Kier alpha value is -2.08. The number of nitrogens with zero attached hydrogens (tertiary/aromatic N) is 2. The van der Waals surface area contributed by atoms with Gasteiger partial charge in [-0.15, -0.1) is 0 Å². The lowest BCUT2D eigenvalue weighted by atomic mass is 10.1. The minimum Gasteiger partial charge on any atom is -0.444 e. The van der Waals surface area contributed by atoms with Crippen molar-refractivity contribution in [3.8, 4) is 0 Å². The van der Waals surface area contributed by atoms with E-state index >= 15 is 0 Å². The standard InChI is InChI=1S/C23H24BrN3O2/c1-21(2,3)29-20(28)27-22(8-9-22)11-14-12-23(14,27)19-25-17-7-4-13-10-15(24)5-6-16(13)18(17)26-19/h4-7,10,14H,8-9,11-12H2,1-3H3,(H,25,26)/t14-,23+/m0/s1. The van der Waals surface area contributed by atoms with Gasteiger partial charge in [0.05, 0.1) is 11.0 Å². The molecule has 6 heteroatoms. The molecule has 6 rings (SSSR count). The zero-order chi connectivity index (χ0) is 20.2. The molecule has 3 fully saturated rings. The van der Waals surface area contributed by atoms with Gasteiger partial charge in [0.15, 0.2) is 0 Å². The summed E-state index contributed by atoms with van der Waals surface area (Å²) in [6.07, 6.45) is 3.99. The van der Waals surface area contributed by atoms with Gasteiger partial charge in [-0.1, -0.05) is 28.1 Å². The number of carbonyl (C=O) groups excluding carboxylic acids is 1. The number of H-pyrrole nitrogens is 1. The van der Waals surface area contributed by atoms with Gasteiger partial charge in [-0.3, -0.25) is 4.90 Å². The van der Waals surface area contributed by atoms with E-state index in [0.717, 1.165) is 57.8 Å². The molecule has 1 aliphatic heterocycles. The van der Waals surface area contributed by atoms with Crippen molar-refractivity contribution in [2.75, 3.05) is 0 Å². The molecule has 5 nitrogen and oxygen atoms in total. The first-order valence-electron chi connectivity index (χ1n) is 10.3. The number of ether oxygens (including phenoxy) is 1. The molecule has 29 heavy (non-hydrogen) atoms. The normalized spacial score (nSPS) is 26.9. The van der Waals surface area contributed by atoms with Crippen LogP contribution in [0, 0.1) is 5.92 Å². The number of amides is 1. The van der Waals surface area contributed by atoms with E-state index in [9.17, 15) is 4.79 Å². The van der Waals surface area contributed by atoms with Crippen LogP contribution in [0.15, 0.2) is 34.8 Å². The van der Waals surface area contributed by atoms with Gasteiger partial charge in [-0.05, 0) is 76.0 Å². The highest BCUT2D eigenvalue weighted by atomic mass is 79.9. The maximum Gasteiger partial charge on any atom is 0.411 e. The number of benzene rings is 2. The fourth-order valence-corrected chi connectivity index (χ4v) is 5.79. The van der Waals surface area contributed by atoms with E-state index in [4.69, 9.17) is 9.72 Å². The third-order valence-electron chi connectivity index (χ3n) is 6.82. The Balaban J connectivity index is 1.48. The number of piperidine rings is 1. The van der Waals surface area contributed by atoms with Gasteiger partial charge < -0.3 is 9.72 Å². The summed E-state index contributed by atoms with van der Waals surface area (Å²) in [5, 5.41) is 2.29. The average molecular weight is 454 g/mol. The summed E-state index contributed by atoms with van der Waals surface area (Å²) in [4.78, 5) is 24.0. The van der Waals surface area contributed by atoms with E-state index in [1.54, 1.807) is 0 Å². The molecule has 3 aliphatic rings. The van der Waals surface area contributed by atoms with Gasteiger partial charge in [0.2, 0.25) is 0 Å². The molecule has 1 saturated heterocycles. The Morgan fingerprint density at radius 2 is 2.03 bits per heavy atom.